The summed E-state index contributed by atoms with van der Waals surface area (Å²) in [5, 5.41) is 4.57. The van der Waals surface area contributed by atoms with Crippen LogP contribution < -0.4 is 15.2 Å². The first-order chi connectivity index (χ1) is 14.1. The van der Waals surface area contributed by atoms with Crippen molar-refractivity contribution in [2.75, 3.05) is 12.3 Å². The average molecular weight is 401 g/mol. The first kappa shape index (κ1) is 19.2. The third kappa shape index (κ3) is 4.83. The predicted molar refractivity (Wildman–Crippen MR) is 104 cm³/mol. The van der Waals surface area contributed by atoms with E-state index in [-0.39, 0.29) is 11.5 Å². The van der Waals surface area contributed by atoms with Crippen molar-refractivity contribution in [3.8, 4) is 22.8 Å². The van der Waals surface area contributed by atoms with Crippen LogP contribution in [0.1, 0.15) is 18.4 Å². The Morgan fingerprint density at radius 2 is 1.97 bits per heavy atom. The largest absolute Gasteiger partial charge is 0.461 e. The van der Waals surface area contributed by atoms with E-state index < -0.39 is 12.9 Å². The van der Waals surface area contributed by atoms with Crippen molar-refractivity contribution in [2.24, 2.45) is 0 Å². The molecule has 0 spiro atoms. The van der Waals surface area contributed by atoms with Gasteiger partial charge >= 0.3 is 6.61 Å². The zero-order chi connectivity index (χ0) is 20.2. The van der Waals surface area contributed by atoms with Gasteiger partial charge in [0.15, 0.2) is 17.8 Å². The van der Waals surface area contributed by atoms with Gasteiger partial charge in [-0.3, -0.25) is 4.68 Å². The highest BCUT2D eigenvalue weighted by Gasteiger charge is 2.21. The summed E-state index contributed by atoms with van der Waals surface area (Å²) in [5.74, 6) is 0.184. The quantitative estimate of drug-likeness (QED) is 0.598. The van der Waals surface area contributed by atoms with Crippen LogP contribution >= 0.6 is 0 Å². The number of nitrogen functional groups attached to an aromatic ring is 1. The van der Waals surface area contributed by atoms with Crippen LogP contribution in [0, 0.1) is 0 Å². The molecule has 6 nitrogen and oxygen atoms in total. The molecule has 0 radical (unpaired) electrons. The maximum atomic E-state index is 12.7. The van der Waals surface area contributed by atoms with E-state index in [1.807, 2.05) is 36.5 Å². The van der Waals surface area contributed by atoms with Gasteiger partial charge in [0.25, 0.3) is 0 Å². The number of rotatable bonds is 7. The zero-order valence-corrected chi connectivity index (χ0v) is 15.6. The minimum Gasteiger partial charge on any atom is -0.461 e. The summed E-state index contributed by atoms with van der Waals surface area (Å²) in [7, 11) is 0. The molecule has 8 heteroatoms. The molecule has 1 aliphatic heterocycles. The molecule has 4 rings (SSSR count). The van der Waals surface area contributed by atoms with Gasteiger partial charge in [0, 0.05) is 23.9 Å². The SMILES string of the molecule is Nc1ccc(Cn2ccc(-c3ccc(OC(F)F)c(OC4CCCO4)c3)n2)cc1. The second-order valence-corrected chi connectivity index (χ2v) is 6.74. The molecular formula is C21H21F2N3O3. The molecule has 2 N–H and O–H groups in total. The van der Waals surface area contributed by atoms with E-state index >= 15 is 0 Å². The summed E-state index contributed by atoms with van der Waals surface area (Å²) in [5.41, 5.74) is 8.92. The normalized spacial score (nSPS) is 16.3. The molecule has 1 unspecified atom stereocenters. The van der Waals surface area contributed by atoms with Gasteiger partial charge in [0.05, 0.1) is 18.8 Å². The zero-order valence-electron chi connectivity index (χ0n) is 15.6. The van der Waals surface area contributed by atoms with Crippen molar-refractivity contribution in [2.45, 2.75) is 32.3 Å². The molecule has 0 saturated carbocycles. The molecule has 3 aromatic rings. The second kappa shape index (κ2) is 8.48. The van der Waals surface area contributed by atoms with Crippen LogP contribution in [0.4, 0.5) is 14.5 Å². The van der Waals surface area contributed by atoms with Crippen LogP contribution in [0.15, 0.2) is 54.7 Å². The number of hydrogen-bond donors (Lipinski definition) is 1. The Bertz CT molecular complexity index is 954. The van der Waals surface area contributed by atoms with E-state index in [1.165, 1.54) is 6.07 Å². The van der Waals surface area contributed by atoms with Gasteiger partial charge in [0.2, 0.25) is 0 Å². The van der Waals surface area contributed by atoms with E-state index in [2.05, 4.69) is 9.84 Å². The average Bonchev–Trinajstić information content (AvgIpc) is 3.37. The van der Waals surface area contributed by atoms with E-state index in [0.717, 1.165) is 17.5 Å². The number of benzene rings is 2. The smallest absolute Gasteiger partial charge is 0.387 e. The van der Waals surface area contributed by atoms with E-state index in [9.17, 15) is 8.78 Å². The molecule has 1 saturated heterocycles. The third-order valence-corrected chi connectivity index (χ3v) is 4.57. The van der Waals surface area contributed by atoms with Crippen molar-refractivity contribution in [3.05, 3.63) is 60.3 Å². The molecule has 1 aliphatic rings. The van der Waals surface area contributed by atoms with Gasteiger partial charge in [-0.15, -0.1) is 0 Å². The van der Waals surface area contributed by atoms with Crippen molar-refractivity contribution in [1.82, 2.24) is 9.78 Å². The fourth-order valence-electron chi connectivity index (χ4n) is 3.15. The summed E-state index contributed by atoms with van der Waals surface area (Å²) >= 11 is 0. The Kier molecular flexibility index (Phi) is 5.62. The molecule has 1 aromatic heterocycles. The van der Waals surface area contributed by atoms with E-state index in [1.54, 1.807) is 16.8 Å². The van der Waals surface area contributed by atoms with Crippen LogP contribution in [0.25, 0.3) is 11.3 Å². The number of ether oxygens (including phenoxy) is 3. The van der Waals surface area contributed by atoms with Gasteiger partial charge < -0.3 is 19.9 Å². The highest BCUT2D eigenvalue weighted by molar-refractivity contribution is 5.63. The van der Waals surface area contributed by atoms with E-state index in [4.69, 9.17) is 15.2 Å². The predicted octanol–water partition coefficient (Wildman–Crippen LogP) is 4.30. The lowest BCUT2D eigenvalue weighted by molar-refractivity contribution is -0.0632. The summed E-state index contributed by atoms with van der Waals surface area (Å²) in [6, 6.07) is 14.2. The van der Waals surface area contributed by atoms with Crippen LogP contribution in [0.3, 0.4) is 0 Å². The Hall–Kier alpha value is -3.13. The molecule has 2 heterocycles. The van der Waals surface area contributed by atoms with Gasteiger partial charge in [-0.25, -0.2) is 0 Å². The van der Waals surface area contributed by atoms with Crippen LogP contribution in [0.5, 0.6) is 11.5 Å². The molecule has 1 fully saturated rings. The number of alkyl halides is 2. The fourth-order valence-corrected chi connectivity index (χ4v) is 3.15. The number of hydrogen-bond acceptors (Lipinski definition) is 5. The minimum atomic E-state index is -2.94. The maximum Gasteiger partial charge on any atom is 0.387 e. The lowest BCUT2D eigenvalue weighted by atomic mass is 10.1. The molecule has 0 aliphatic carbocycles. The van der Waals surface area contributed by atoms with Crippen molar-refractivity contribution in [1.29, 1.82) is 0 Å². The molecule has 0 bridgehead atoms. The molecule has 2 aromatic carbocycles. The molecule has 152 valence electrons. The van der Waals surface area contributed by atoms with E-state index in [0.29, 0.717) is 31.0 Å². The lowest BCUT2D eigenvalue weighted by Gasteiger charge is -2.17. The molecule has 29 heavy (non-hydrogen) atoms. The Morgan fingerprint density at radius 3 is 2.69 bits per heavy atom. The van der Waals surface area contributed by atoms with Gasteiger partial charge in [-0.05, 0) is 48.4 Å². The van der Waals surface area contributed by atoms with Crippen molar-refractivity contribution < 1.29 is 23.0 Å². The highest BCUT2D eigenvalue weighted by Crippen LogP contribution is 2.35. The summed E-state index contributed by atoms with van der Waals surface area (Å²) < 4.78 is 43.1. The Balaban J connectivity index is 1.55. The van der Waals surface area contributed by atoms with Gasteiger partial charge in [-0.2, -0.15) is 13.9 Å². The van der Waals surface area contributed by atoms with Crippen molar-refractivity contribution in [3.63, 3.8) is 0 Å². The summed E-state index contributed by atoms with van der Waals surface area (Å²) in [6.07, 6.45) is 2.96. The Labute approximate surface area is 166 Å². The standard InChI is InChI=1S/C21H21F2N3O3/c22-21(23)29-18-8-5-15(12-19(18)28-20-2-1-11-27-20)17-9-10-26(25-17)13-14-3-6-16(24)7-4-14/h3-10,12,20-21H,1-2,11,13,24H2. The Morgan fingerprint density at radius 1 is 1.14 bits per heavy atom. The topological polar surface area (TPSA) is 71.5 Å². The van der Waals surface area contributed by atoms with Gasteiger partial charge in [-0.1, -0.05) is 12.1 Å². The number of nitrogens with zero attached hydrogens (tertiary/aromatic N) is 2. The summed E-state index contributed by atoms with van der Waals surface area (Å²) in [4.78, 5) is 0. The first-order valence-electron chi connectivity index (χ1n) is 9.32. The fraction of sp³-hybridized carbons (Fsp3) is 0.286. The number of anilines is 1. The van der Waals surface area contributed by atoms with Crippen LogP contribution in [0.2, 0.25) is 0 Å². The second-order valence-electron chi connectivity index (χ2n) is 6.74. The lowest BCUT2D eigenvalue weighted by Crippen LogP contribution is -2.15. The first-order valence-corrected chi connectivity index (χ1v) is 9.32. The number of nitrogens with two attached hydrogens (primary N) is 1. The summed E-state index contributed by atoms with van der Waals surface area (Å²) in [6.45, 7) is -1.76. The highest BCUT2D eigenvalue weighted by atomic mass is 19.3. The van der Waals surface area contributed by atoms with Crippen LogP contribution in [-0.2, 0) is 11.3 Å². The molecule has 0 amide bonds. The monoisotopic (exact) mass is 401 g/mol. The maximum absolute atomic E-state index is 12.7. The minimum absolute atomic E-state index is 0.0273. The molecular weight excluding hydrogens is 380 g/mol. The third-order valence-electron chi connectivity index (χ3n) is 4.57. The number of halogens is 2. The van der Waals surface area contributed by atoms with Gasteiger partial charge in [0.1, 0.15) is 0 Å². The van der Waals surface area contributed by atoms with Crippen molar-refractivity contribution >= 4 is 5.69 Å². The number of aromatic nitrogens is 2. The van der Waals surface area contributed by atoms with Crippen LogP contribution in [-0.4, -0.2) is 29.3 Å². The molecule has 1 atom stereocenters.